The van der Waals surface area contributed by atoms with Gasteiger partial charge in [0.1, 0.15) is 11.6 Å². The fraction of sp³-hybridized carbons (Fsp3) is 0.294. The molecule has 0 amide bonds. The molecule has 2 aromatic rings. The first-order chi connectivity index (χ1) is 10.0. The van der Waals surface area contributed by atoms with E-state index in [0.717, 1.165) is 23.2 Å². The largest absolute Gasteiger partial charge is 0.310 e. The summed E-state index contributed by atoms with van der Waals surface area (Å²) in [6.45, 7) is 4.67. The van der Waals surface area contributed by atoms with Crippen molar-refractivity contribution in [2.75, 3.05) is 6.54 Å². The zero-order valence-electron chi connectivity index (χ0n) is 12.1. The maximum Gasteiger partial charge on any atom is 0.142 e. The molecule has 1 atom stereocenters. The van der Waals surface area contributed by atoms with Crippen LogP contribution in [0.1, 0.15) is 29.7 Å². The molecule has 21 heavy (non-hydrogen) atoms. The number of hydrogen-bond donors (Lipinski definition) is 1. The lowest BCUT2D eigenvalue weighted by Gasteiger charge is -2.20. The predicted octanol–water partition coefficient (Wildman–Crippen LogP) is 4.82. The molecule has 0 radical (unpaired) electrons. The molecule has 0 spiro atoms. The van der Waals surface area contributed by atoms with Gasteiger partial charge in [-0.2, -0.15) is 0 Å². The van der Waals surface area contributed by atoms with E-state index in [1.54, 1.807) is 18.2 Å². The lowest BCUT2D eigenvalue weighted by Crippen LogP contribution is -2.23. The molecule has 1 N–H and O–H groups in total. The molecule has 0 heterocycles. The predicted molar refractivity (Wildman–Crippen MR) is 82.7 cm³/mol. The molecule has 0 aromatic heterocycles. The number of benzene rings is 2. The molecule has 0 saturated carbocycles. The fourth-order valence-corrected chi connectivity index (χ4v) is 2.48. The van der Waals surface area contributed by atoms with E-state index in [4.69, 9.17) is 11.6 Å². The standard InChI is InChI=1S/C17H18ClF2N/c1-3-21-17(12-5-7-15(18)16(20)9-12)10-13-8-14(19)6-4-11(13)2/h4-9,17,21H,3,10H2,1-2H3. The summed E-state index contributed by atoms with van der Waals surface area (Å²) in [5.41, 5.74) is 2.74. The van der Waals surface area contributed by atoms with E-state index in [-0.39, 0.29) is 16.9 Å². The first-order valence-electron chi connectivity index (χ1n) is 6.94. The van der Waals surface area contributed by atoms with Gasteiger partial charge in [0.2, 0.25) is 0 Å². The Morgan fingerprint density at radius 1 is 1.14 bits per heavy atom. The Hall–Kier alpha value is -1.45. The molecule has 0 fully saturated rings. The zero-order chi connectivity index (χ0) is 15.4. The summed E-state index contributed by atoms with van der Waals surface area (Å²) in [5, 5.41) is 3.42. The summed E-state index contributed by atoms with van der Waals surface area (Å²) in [7, 11) is 0. The average molecular weight is 310 g/mol. The summed E-state index contributed by atoms with van der Waals surface area (Å²) in [6, 6.07) is 9.44. The van der Waals surface area contributed by atoms with Crippen LogP contribution >= 0.6 is 11.6 Å². The van der Waals surface area contributed by atoms with E-state index in [1.807, 2.05) is 13.8 Å². The number of halogens is 3. The monoisotopic (exact) mass is 309 g/mol. The Bertz CT molecular complexity index is 628. The highest BCUT2D eigenvalue weighted by molar-refractivity contribution is 6.30. The highest BCUT2D eigenvalue weighted by atomic mass is 35.5. The van der Waals surface area contributed by atoms with Crippen LogP contribution in [0.2, 0.25) is 5.02 Å². The average Bonchev–Trinajstić information content (AvgIpc) is 2.45. The minimum absolute atomic E-state index is 0.0812. The number of aryl methyl sites for hydroxylation is 1. The minimum atomic E-state index is -0.437. The molecule has 0 aliphatic rings. The van der Waals surface area contributed by atoms with E-state index in [0.29, 0.717) is 6.42 Å². The van der Waals surface area contributed by atoms with Crippen LogP contribution in [0.15, 0.2) is 36.4 Å². The smallest absolute Gasteiger partial charge is 0.142 e. The summed E-state index contributed by atoms with van der Waals surface area (Å²) < 4.78 is 27.0. The van der Waals surface area contributed by atoms with Crippen molar-refractivity contribution in [3.63, 3.8) is 0 Å². The molecule has 112 valence electrons. The van der Waals surface area contributed by atoms with Gasteiger partial charge >= 0.3 is 0 Å². The highest BCUT2D eigenvalue weighted by Crippen LogP contribution is 2.24. The van der Waals surface area contributed by atoms with Crippen LogP contribution in [0.5, 0.6) is 0 Å². The van der Waals surface area contributed by atoms with Gasteiger partial charge in [-0.05, 0) is 60.8 Å². The van der Waals surface area contributed by atoms with Crippen LogP contribution in [0, 0.1) is 18.6 Å². The topological polar surface area (TPSA) is 12.0 Å². The molecular weight excluding hydrogens is 292 g/mol. The van der Waals surface area contributed by atoms with Gasteiger partial charge in [0.25, 0.3) is 0 Å². The van der Waals surface area contributed by atoms with Gasteiger partial charge < -0.3 is 5.32 Å². The molecule has 2 rings (SSSR count). The Morgan fingerprint density at radius 3 is 2.57 bits per heavy atom. The van der Waals surface area contributed by atoms with Crippen molar-refractivity contribution in [1.29, 1.82) is 0 Å². The Balaban J connectivity index is 2.30. The third-order valence-corrected chi connectivity index (χ3v) is 3.84. The second-order valence-electron chi connectivity index (χ2n) is 5.06. The highest BCUT2D eigenvalue weighted by Gasteiger charge is 2.14. The molecular formula is C17H18ClF2N. The van der Waals surface area contributed by atoms with Gasteiger partial charge in [0.15, 0.2) is 0 Å². The van der Waals surface area contributed by atoms with E-state index >= 15 is 0 Å². The van der Waals surface area contributed by atoms with Crippen molar-refractivity contribution in [3.8, 4) is 0 Å². The first-order valence-corrected chi connectivity index (χ1v) is 7.32. The van der Waals surface area contributed by atoms with Crippen LogP contribution in [0.3, 0.4) is 0 Å². The lowest BCUT2D eigenvalue weighted by atomic mass is 9.96. The number of rotatable bonds is 5. The third kappa shape index (κ3) is 4.02. The molecule has 0 bridgehead atoms. The second-order valence-corrected chi connectivity index (χ2v) is 5.47. The van der Waals surface area contributed by atoms with Crippen molar-refractivity contribution in [2.45, 2.75) is 26.3 Å². The van der Waals surface area contributed by atoms with Crippen LogP contribution < -0.4 is 5.32 Å². The van der Waals surface area contributed by atoms with Gasteiger partial charge in [0, 0.05) is 6.04 Å². The van der Waals surface area contributed by atoms with Gasteiger partial charge in [-0.1, -0.05) is 30.7 Å². The quantitative estimate of drug-likeness (QED) is 0.835. The Kier molecular flexibility index (Phi) is 5.32. The van der Waals surface area contributed by atoms with Crippen LogP contribution in [0.4, 0.5) is 8.78 Å². The maximum atomic E-state index is 13.6. The Morgan fingerprint density at radius 2 is 1.90 bits per heavy atom. The fourth-order valence-electron chi connectivity index (χ4n) is 2.36. The number of likely N-dealkylation sites (N-methyl/N-ethyl adjacent to an activating group) is 1. The van der Waals surface area contributed by atoms with Crippen LogP contribution in [-0.2, 0) is 6.42 Å². The lowest BCUT2D eigenvalue weighted by molar-refractivity contribution is 0.539. The van der Waals surface area contributed by atoms with E-state index in [2.05, 4.69) is 5.32 Å². The molecule has 0 aliphatic carbocycles. The summed E-state index contributed by atoms with van der Waals surface area (Å²) in [6.07, 6.45) is 0.596. The number of hydrogen-bond acceptors (Lipinski definition) is 1. The Labute approximate surface area is 128 Å². The summed E-state index contributed by atoms with van der Waals surface area (Å²) in [4.78, 5) is 0. The van der Waals surface area contributed by atoms with Crippen LogP contribution in [-0.4, -0.2) is 6.54 Å². The van der Waals surface area contributed by atoms with Gasteiger partial charge in [-0.3, -0.25) is 0 Å². The van der Waals surface area contributed by atoms with Crippen LogP contribution in [0.25, 0.3) is 0 Å². The van der Waals surface area contributed by atoms with Crippen molar-refractivity contribution in [2.24, 2.45) is 0 Å². The molecule has 2 aromatic carbocycles. The van der Waals surface area contributed by atoms with Crippen molar-refractivity contribution in [1.82, 2.24) is 5.32 Å². The van der Waals surface area contributed by atoms with E-state index < -0.39 is 5.82 Å². The molecule has 4 heteroatoms. The number of nitrogens with one attached hydrogen (secondary N) is 1. The van der Waals surface area contributed by atoms with E-state index in [9.17, 15) is 8.78 Å². The normalized spacial score (nSPS) is 12.4. The third-order valence-electron chi connectivity index (χ3n) is 3.53. The van der Waals surface area contributed by atoms with Crippen molar-refractivity contribution >= 4 is 11.6 Å². The van der Waals surface area contributed by atoms with Crippen molar-refractivity contribution < 1.29 is 8.78 Å². The molecule has 0 saturated heterocycles. The summed E-state index contributed by atoms with van der Waals surface area (Å²) in [5.74, 6) is -0.693. The van der Waals surface area contributed by atoms with Gasteiger partial charge in [-0.25, -0.2) is 8.78 Å². The molecule has 0 aliphatic heterocycles. The van der Waals surface area contributed by atoms with Gasteiger partial charge in [0.05, 0.1) is 5.02 Å². The molecule has 1 nitrogen and oxygen atoms in total. The SMILES string of the molecule is CCNC(Cc1cc(F)ccc1C)c1ccc(Cl)c(F)c1. The van der Waals surface area contributed by atoms with E-state index in [1.165, 1.54) is 18.2 Å². The van der Waals surface area contributed by atoms with Gasteiger partial charge in [-0.15, -0.1) is 0 Å². The zero-order valence-corrected chi connectivity index (χ0v) is 12.8. The van der Waals surface area contributed by atoms with Crippen molar-refractivity contribution in [3.05, 3.63) is 69.7 Å². The minimum Gasteiger partial charge on any atom is -0.310 e. The first kappa shape index (κ1) is 15.9. The molecule has 1 unspecified atom stereocenters. The summed E-state index contributed by atoms with van der Waals surface area (Å²) >= 11 is 5.72. The maximum absolute atomic E-state index is 13.6. The second kappa shape index (κ2) is 7.01.